The van der Waals surface area contributed by atoms with E-state index < -0.39 is 23.2 Å². The number of ether oxygens (including phenoxy) is 1. The number of fused-ring (bicyclic) bond motifs is 1. The van der Waals surface area contributed by atoms with E-state index in [1.165, 1.54) is 0 Å². The fourth-order valence-electron chi connectivity index (χ4n) is 5.04. The van der Waals surface area contributed by atoms with Gasteiger partial charge in [-0.2, -0.15) is 10.5 Å². The van der Waals surface area contributed by atoms with Crippen molar-refractivity contribution in [3.05, 3.63) is 88.6 Å². The van der Waals surface area contributed by atoms with Crippen molar-refractivity contribution in [3.8, 4) is 17.9 Å². The Balaban J connectivity index is 1.88. The highest BCUT2D eigenvalue weighted by atomic mass is 16.5. The first-order chi connectivity index (χ1) is 15.9. The Hall–Kier alpha value is -4.07. The van der Waals surface area contributed by atoms with Crippen LogP contribution in [-0.4, -0.2) is 36.2 Å². The number of hydrogen-bond acceptors (Lipinski definition) is 6. The summed E-state index contributed by atoms with van der Waals surface area (Å²) in [5, 5.41) is 30.4. The summed E-state index contributed by atoms with van der Waals surface area (Å²) in [7, 11) is 1.55. The summed E-state index contributed by atoms with van der Waals surface area (Å²) in [6.45, 7) is 1.69. The largest absolute Gasteiger partial charge is 0.497 e. The Kier molecular flexibility index (Phi) is 5.91. The maximum Gasteiger partial charge on any atom is 0.337 e. The van der Waals surface area contributed by atoms with E-state index in [-0.39, 0.29) is 11.3 Å². The van der Waals surface area contributed by atoms with Gasteiger partial charge in [-0.3, -0.25) is 4.90 Å². The van der Waals surface area contributed by atoms with Crippen LogP contribution in [0.1, 0.15) is 17.0 Å². The van der Waals surface area contributed by atoms with Crippen LogP contribution in [0.25, 0.3) is 0 Å². The first-order valence-corrected chi connectivity index (χ1v) is 10.6. The molecule has 7 nitrogen and oxygen atoms in total. The van der Waals surface area contributed by atoms with Crippen molar-refractivity contribution >= 4 is 5.97 Å². The maximum absolute atomic E-state index is 12.2. The van der Waals surface area contributed by atoms with Gasteiger partial charge in [-0.25, -0.2) is 4.79 Å². The molecule has 0 saturated heterocycles. The van der Waals surface area contributed by atoms with Crippen LogP contribution in [-0.2, 0) is 11.3 Å². The molecular weight excluding hydrogens is 416 g/mol. The Morgan fingerprint density at radius 1 is 1.21 bits per heavy atom. The molecule has 0 aromatic heterocycles. The minimum Gasteiger partial charge on any atom is -0.497 e. The number of benzene rings is 2. The van der Waals surface area contributed by atoms with Crippen molar-refractivity contribution in [2.75, 3.05) is 20.2 Å². The van der Waals surface area contributed by atoms with Gasteiger partial charge in [0, 0.05) is 31.5 Å². The summed E-state index contributed by atoms with van der Waals surface area (Å²) in [5.74, 6) is -1.70. The zero-order valence-corrected chi connectivity index (χ0v) is 18.2. The van der Waals surface area contributed by atoms with Crippen molar-refractivity contribution < 1.29 is 14.6 Å². The third-order valence-electron chi connectivity index (χ3n) is 6.54. The average Bonchev–Trinajstić information content (AvgIpc) is 2.84. The van der Waals surface area contributed by atoms with Gasteiger partial charge in [-0.15, -0.1) is 0 Å². The van der Waals surface area contributed by atoms with Crippen LogP contribution in [0.4, 0.5) is 0 Å². The predicted octanol–water partition coefficient (Wildman–Crippen LogP) is 3.18. The number of aliphatic carboxylic acids is 1. The van der Waals surface area contributed by atoms with Crippen molar-refractivity contribution in [2.24, 2.45) is 17.1 Å². The van der Waals surface area contributed by atoms with E-state index in [2.05, 4.69) is 17.0 Å². The molecule has 2 aliphatic rings. The second-order valence-corrected chi connectivity index (χ2v) is 8.33. The third-order valence-corrected chi connectivity index (χ3v) is 6.54. The molecule has 0 amide bonds. The van der Waals surface area contributed by atoms with E-state index >= 15 is 0 Å². The topological polar surface area (TPSA) is 123 Å². The Morgan fingerprint density at radius 2 is 1.94 bits per heavy atom. The van der Waals surface area contributed by atoms with Crippen LogP contribution >= 0.6 is 0 Å². The average molecular weight is 441 g/mol. The van der Waals surface area contributed by atoms with Gasteiger partial charge in [-0.05, 0) is 28.8 Å². The summed E-state index contributed by atoms with van der Waals surface area (Å²) in [4.78, 5) is 14.4. The fraction of sp³-hybridized carbons (Fsp3) is 0.269. The number of nitrogens with two attached hydrogens (primary N) is 1. The summed E-state index contributed by atoms with van der Waals surface area (Å²) >= 11 is 0. The number of carbonyl (C=O) groups is 1. The zero-order valence-electron chi connectivity index (χ0n) is 18.2. The molecule has 0 spiro atoms. The molecule has 2 aromatic rings. The minimum atomic E-state index is -1.82. The number of nitriles is 2. The van der Waals surface area contributed by atoms with Gasteiger partial charge in [0.15, 0.2) is 5.41 Å². The number of carboxylic acid groups (broad SMARTS) is 1. The van der Waals surface area contributed by atoms with Crippen molar-refractivity contribution in [1.82, 2.24) is 4.90 Å². The number of nitrogens with zero attached hydrogens (tertiary/aromatic N) is 3. The van der Waals surface area contributed by atoms with Gasteiger partial charge in [-0.1, -0.05) is 48.5 Å². The molecule has 3 N–H and O–H groups in total. The molecule has 0 fully saturated rings. The van der Waals surface area contributed by atoms with Crippen LogP contribution in [0.3, 0.4) is 0 Å². The first kappa shape index (κ1) is 22.1. The van der Waals surface area contributed by atoms with E-state index in [1.807, 2.05) is 42.5 Å². The molecule has 1 aliphatic heterocycles. The number of methoxy groups -OCH3 is 1. The highest BCUT2D eigenvalue weighted by molar-refractivity contribution is 5.94. The van der Waals surface area contributed by atoms with E-state index in [0.717, 1.165) is 5.56 Å². The molecule has 4 rings (SSSR count). The number of allylic oxidation sites excluding steroid dienone is 1. The molecule has 166 valence electrons. The lowest BCUT2D eigenvalue weighted by molar-refractivity contribution is -0.132. The highest BCUT2D eigenvalue weighted by Gasteiger charge is 2.55. The van der Waals surface area contributed by atoms with Gasteiger partial charge in [0.05, 0.1) is 30.5 Å². The summed E-state index contributed by atoms with van der Waals surface area (Å²) in [6, 6.07) is 21.4. The molecule has 2 unspecified atom stereocenters. The molecule has 33 heavy (non-hydrogen) atoms. The third kappa shape index (κ3) is 3.73. The van der Waals surface area contributed by atoms with E-state index in [1.54, 1.807) is 25.3 Å². The Labute approximate surface area is 192 Å². The monoisotopic (exact) mass is 440 g/mol. The van der Waals surface area contributed by atoms with Crippen molar-refractivity contribution in [2.45, 2.75) is 12.5 Å². The smallest absolute Gasteiger partial charge is 0.337 e. The van der Waals surface area contributed by atoms with Gasteiger partial charge in [0.2, 0.25) is 0 Å². The lowest BCUT2D eigenvalue weighted by Crippen LogP contribution is -2.48. The van der Waals surface area contributed by atoms with E-state index in [0.29, 0.717) is 36.5 Å². The Morgan fingerprint density at radius 3 is 2.58 bits per heavy atom. The van der Waals surface area contributed by atoms with E-state index in [9.17, 15) is 20.4 Å². The lowest BCUT2D eigenvalue weighted by Gasteiger charge is -2.46. The first-order valence-electron chi connectivity index (χ1n) is 10.6. The summed E-state index contributed by atoms with van der Waals surface area (Å²) < 4.78 is 5.38. The zero-order chi connectivity index (χ0) is 23.6. The number of carboxylic acids is 1. The molecule has 7 heteroatoms. The second-order valence-electron chi connectivity index (χ2n) is 8.33. The van der Waals surface area contributed by atoms with Gasteiger partial charge < -0.3 is 15.6 Å². The van der Waals surface area contributed by atoms with Crippen molar-refractivity contribution in [3.63, 3.8) is 0 Å². The van der Waals surface area contributed by atoms with Crippen LogP contribution in [0, 0.1) is 34.0 Å². The van der Waals surface area contributed by atoms with E-state index in [4.69, 9.17) is 10.5 Å². The summed E-state index contributed by atoms with van der Waals surface area (Å²) in [5.41, 5.74) is 6.59. The number of hydrogen-bond donors (Lipinski definition) is 2. The molecule has 2 atom stereocenters. The van der Waals surface area contributed by atoms with Crippen LogP contribution in [0.15, 0.2) is 77.5 Å². The standard InChI is InChI=1S/C26H24N4O3/c1-33-19-9-5-8-18(12-19)23-21-14-30(13-17-6-3-2-4-7-17)11-10-20(21)22(25(31)32)24(29)26(23,15-27)16-28/h2-10,12,21,23H,11,13-14,29H2,1H3,(H,31,32). The Bertz CT molecular complexity index is 1210. The van der Waals surface area contributed by atoms with Crippen LogP contribution in [0.5, 0.6) is 5.75 Å². The SMILES string of the molecule is COc1cccc(C2C3CN(Cc4ccccc4)CC=C3C(C(=O)O)=C(N)C2(C#N)C#N)c1. The maximum atomic E-state index is 12.2. The summed E-state index contributed by atoms with van der Waals surface area (Å²) in [6.07, 6.45) is 1.87. The lowest BCUT2D eigenvalue weighted by atomic mass is 9.58. The number of rotatable bonds is 5. The fourth-order valence-corrected chi connectivity index (χ4v) is 5.04. The molecule has 1 aliphatic carbocycles. The van der Waals surface area contributed by atoms with Gasteiger partial charge >= 0.3 is 5.97 Å². The van der Waals surface area contributed by atoms with Crippen LogP contribution < -0.4 is 10.5 Å². The molecular formula is C26H24N4O3. The van der Waals surface area contributed by atoms with Crippen molar-refractivity contribution in [1.29, 1.82) is 10.5 Å². The second kappa shape index (κ2) is 8.82. The highest BCUT2D eigenvalue weighted by Crippen LogP contribution is 2.54. The normalized spacial score (nSPS) is 21.8. The predicted molar refractivity (Wildman–Crippen MR) is 122 cm³/mol. The molecule has 0 radical (unpaired) electrons. The minimum absolute atomic E-state index is 0.124. The molecule has 2 aromatic carbocycles. The molecule has 0 bridgehead atoms. The van der Waals surface area contributed by atoms with Gasteiger partial charge in [0.25, 0.3) is 0 Å². The van der Waals surface area contributed by atoms with Gasteiger partial charge in [0.1, 0.15) is 5.75 Å². The molecule has 0 saturated carbocycles. The molecule has 1 heterocycles. The van der Waals surface area contributed by atoms with Crippen LogP contribution in [0.2, 0.25) is 0 Å². The quantitative estimate of drug-likeness (QED) is 0.732.